The van der Waals surface area contributed by atoms with Gasteiger partial charge in [-0.2, -0.15) is 0 Å². The second-order valence-electron chi connectivity index (χ2n) is 6.13. The van der Waals surface area contributed by atoms with Crippen molar-refractivity contribution in [3.05, 3.63) is 58.7 Å². The van der Waals surface area contributed by atoms with E-state index in [0.717, 1.165) is 19.3 Å². The van der Waals surface area contributed by atoms with Gasteiger partial charge in [-0.25, -0.2) is 4.79 Å². The predicted octanol–water partition coefficient (Wildman–Crippen LogP) is 3.32. The Bertz CT molecular complexity index is 825. The molecule has 0 saturated carbocycles. The van der Waals surface area contributed by atoms with E-state index in [9.17, 15) is 14.7 Å². The second kappa shape index (κ2) is 6.97. The molecule has 1 aliphatic carbocycles. The van der Waals surface area contributed by atoms with Gasteiger partial charge in [0.1, 0.15) is 17.1 Å². The van der Waals surface area contributed by atoms with Crippen LogP contribution in [0.25, 0.3) is 0 Å². The molecule has 5 nitrogen and oxygen atoms in total. The van der Waals surface area contributed by atoms with E-state index in [4.69, 9.17) is 9.47 Å². The number of hydrogen-bond donors (Lipinski definition) is 1. The van der Waals surface area contributed by atoms with E-state index >= 15 is 0 Å². The van der Waals surface area contributed by atoms with Gasteiger partial charge in [-0.15, -0.1) is 0 Å². The highest BCUT2D eigenvalue weighted by Crippen LogP contribution is 2.26. The summed E-state index contributed by atoms with van der Waals surface area (Å²) in [5.41, 5.74) is 3.01. The number of carbonyl (C=O) groups excluding carboxylic acids is 2. The Morgan fingerprint density at radius 2 is 1.84 bits per heavy atom. The molecule has 0 aliphatic heterocycles. The summed E-state index contributed by atoms with van der Waals surface area (Å²) >= 11 is 0. The molecule has 130 valence electrons. The number of carbonyl (C=O) groups is 2. The fourth-order valence-electron chi connectivity index (χ4n) is 3.05. The first-order valence-corrected chi connectivity index (χ1v) is 8.23. The van der Waals surface area contributed by atoms with Crippen LogP contribution in [0.3, 0.4) is 0 Å². The van der Waals surface area contributed by atoms with Gasteiger partial charge in [-0.3, -0.25) is 4.79 Å². The minimum absolute atomic E-state index is 0.00518. The third-order valence-corrected chi connectivity index (χ3v) is 4.46. The summed E-state index contributed by atoms with van der Waals surface area (Å²) in [6.45, 7) is 1.54. The fraction of sp³-hybridized carbons (Fsp3) is 0.300. The topological polar surface area (TPSA) is 72.8 Å². The number of ketones is 1. The van der Waals surface area contributed by atoms with Crippen molar-refractivity contribution in [1.82, 2.24) is 0 Å². The molecule has 5 heteroatoms. The number of hydrogen-bond acceptors (Lipinski definition) is 5. The highest BCUT2D eigenvalue weighted by Gasteiger charge is 2.23. The Kier molecular flexibility index (Phi) is 4.74. The number of phenolic OH excluding ortho intramolecular Hbond substituents is 1. The molecular weight excluding hydrogens is 320 g/mol. The van der Waals surface area contributed by atoms with Gasteiger partial charge >= 0.3 is 5.97 Å². The van der Waals surface area contributed by atoms with Gasteiger partial charge in [0.15, 0.2) is 6.10 Å². The first kappa shape index (κ1) is 17.0. The molecule has 25 heavy (non-hydrogen) atoms. The van der Waals surface area contributed by atoms with Gasteiger partial charge in [0.05, 0.1) is 7.11 Å². The van der Waals surface area contributed by atoms with Crippen LogP contribution in [0, 0.1) is 0 Å². The Balaban J connectivity index is 1.72. The number of benzene rings is 2. The highest BCUT2D eigenvalue weighted by atomic mass is 16.5. The Morgan fingerprint density at radius 3 is 2.56 bits per heavy atom. The lowest BCUT2D eigenvalue weighted by Crippen LogP contribution is -2.24. The number of phenols is 1. The monoisotopic (exact) mass is 340 g/mol. The molecule has 0 aromatic heterocycles. The summed E-state index contributed by atoms with van der Waals surface area (Å²) in [4.78, 5) is 24.8. The summed E-state index contributed by atoms with van der Waals surface area (Å²) in [5, 5.41) is 9.90. The smallest absolute Gasteiger partial charge is 0.342 e. The van der Waals surface area contributed by atoms with Crippen LogP contribution in [0.4, 0.5) is 0 Å². The van der Waals surface area contributed by atoms with E-state index < -0.39 is 12.1 Å². The molecule has 0 spiro atoms. The summed E-state index contributed by atoms with van der Waals surface area (Å²) in [7, 11) is 1.46. The molecule has 0 unspecified atom stereocenters. The average molecular weight is 340 g/mol. The molecule has 2 aromatic rings. The Morgan fingerprint density at radius 1 is 1.08 bits per heavy atom. The van der Waals surface area contributed by atoms with Crippen molar-refractivity contribution < 1.29 is 24.2 Å². The van der Waals surface area contributed by atoms with E-state index in [1.807, 2.05) is 12.1 Å². The number of aryl methyl sites for hydroxylation is 2. The largest absolute Gasteiger partial charge is 0.507 e. The van der Waals surface area contributed by atoms with Crippen molar-refractivity contribution in [2.45, 2.75) is 32.3 Å². The van der Waals surface area contributed by atoms with Crippen LogP contribution < -0.4 is 4.74 Å². The lowest BCUT2D eigenvalue weighted by Gasteiger charge is -2.14. The first-order chi connectivity index (χ1) is 12.0. The standard InChI is InChI=1S/C20H20O5/c1-12(19(22)15-7-6-13-4-3-5-14(13)10-15)25-20(23)17-9-8-16(24-2)11-18(17)21/h6-12,21H,3-5H2,1-2H3/t12-/m1/s1. The van der Waals surface area contributed by atoms with Crippen LogP contribution in [0.5, 0.6) is 11.5 Å². The van der Waals surface area contributed by atoms with Crippen molar-refractivity contribution in [2.24, 2.45) is 0 Å². The number of esters is 1. The summed E-state index contributed by atoms with van der Waals surface area (Å²) in [5.74, 6) is -0.823. The molecular formula is C20H20O5. The van der Waals surface area contributed by atoms with Crippen LogP contribution in [0.1, 0.15) is 45.2 Å². The number of fused-ring (bicyclic) bond motifs is 1. The normalized spacial score (nSPS) is 13.8. The highest BCUT2D eigenvalue weighted by molar-refractivity contribution is 6.02. The molecule has 0 heterocycles. The molecule has 0 fully saturated rings. The molecule has 1 N–H and O–H groups in total. The molecule has 0 bridgehead atoms. The zero-order chi connectivity index (χ0) is 18.0. The van der Waals surface area contributed by atoms with Gasteiger partial charge in [0.25, 0.3) is 0 Å². The maximum Gasteiger partial charge on any atom is 0.342 e. The van der Waals surface area contributed by atoms with Gasteiger partial charge in [0, 0.05) is 11.6 Å². The molecule has 1 atom stereocenters. The van der Waals surface area contributed by atoms with Gasteiger partial charge in [0.2, 0.25) is 5.78 Å². The van der Waals surface area contributed by atoms with Crippen molar-refractivity contribution in [2.75, 3.05) is 7.11 Å². The second-order valence-corrected chi connectivity index (χ2v) is 6.13. The number of ether oxygens (including phenoxy) is 2. The summed E-state index contributed by atoms with van der Waals surface area (Å²) in [6, 6.07) is 9.91. The van der Waals surface area contributed by atoms with E-state index in [2.05, 4.69) is 0 Å². The maximum atomic E-state index is 12.5. The van der Waals surface area contributed by atoms with Crippen LogP contribution in [-0.2, 0) is 17.6 Å². The van der Waals surface area contributed by atoms with Crippen molar-refractivity contribution in [3.63, 3.8) is 0 Å². The van der Waals surface area contributed by atoms with E-state index in [-0.39, 0.29) is 17.1 Å². The van der Waals surface area contributed by atoms with E-state index in [1.54, 1.807) is 12.1 Å². The Hall–Kier alpha value is -2.82. The Labute approximate surface area is 146 Å². The van der Waals surface area contributed by atoms with Crippen molar-refractivity contribution in [1.29, 1.82) is 0 Å². The first-order valence-electron chi connectivity index (χ1n) is 8.23. The molecule has 3 rings (SSSR count). The average Bonchev–Trinajstić information content (AvgIpc) is 3.08. The van der Waals surface area contributed by atoms with Crippen LogP contribution in [-0.4, -0.2) is 30.1 Å². The number of methoxy groups -OCH3 is 1. The predicted molar refractivity (Wildman–Crippen MR) is 92.3 cm³/mol. The molecule has 1 aliphatic rings. The summed E-state index contributed by atoms with van der Waals surface area (Å²) in [6.07, 6.45) is 2.19. The lowest BCUT2D eigenvalue weighted by molar-refractivity contribution is 0.0316. The van der Waals surface area contributed by atoms with Crippen molar-refractivity contribution in [3.8, 4) is 11.5 Å². The van der Waals surface area contributed by atoms with E-state index in [0.29, 0.717) is 11.3 Å². The third-order valence-electron chi connectivity index (χ3n) is 4.46. The minimum atomic E-state index is -0.937. The number of aromatic hydroxyl groups is 1. The molecule has 0 radical (unpaired) electrons. The van der Waals surface area contributed by atoms with Crippen LogP contribution in [0.15, 0.2) is 36.4 Å². The fourth-order valence-corrected chi connectivity index (χ4v) is 3.05. The van der Waals surface area contributed by atoms with Gasteiger partial charge < -0.3 is 14.6 Å². The number of Topliss-reactive ketones (excluding diaryl/α,β-unsaturated/α-hetero) is 1. The lowest BCUT2D eigenvalue weighted by atomic mass is 10.0. The van der Waals surface area contributed by atoms with Crippen LogP contribution in [0.2, 0.25) is 0 Å². The quantitative estimate of drug-likeness (QED) is 0.668. The summed E-state index contributed by atoms with van der Waals surface area (Å²) < 4.78 is 10.2. The third kappa shape index (κ3) is 3.50. The number of rotatable bonds is 5. The van der Waals surface area contributed by atoms with Crippen molar-refractivity contribution >= 4 is 11.8 Å². The van der Waals surface area contributed by atoms with Gasteiger partial charge in [-0.05, 0) is 55.5 Å². The maximum absolute atomic E-state index is 12.5. The molecule has 0 saturated heterocycles. The zero-order valence-corrected chi connectivity index (χ0v) is 14.2. The molecule has 2 aromatic carbocycles. The van der Waals surface area contributed by atoms with E-state index in [1.165, 1.54) is 37.3 Å². The van der Waals surface area contributed by atoms with Crippen LogP contribution >= 0.6 is 0 Å². The molecule has 0 amide bonds. The minimum Gasteiger partial charge on any atom is -0.507 e. The zero-order valence-electron chi connectivity index (χ0n) is 14.2. The van der Waals surface area contributed by atoms with Gasteiger partial charge in [-0.1, -0.05) is 12.1 Å². The SMILES string of the molecule is COc1ccc(C(=O)O[C@H](C)C(=O)c2ccc3c(c2)CCC3)c(O)c1.